The first kappa shape index (κ1) is 17.2. The van der Waals surface area contributed by atoms with Gasteiger partial charge in [0.25, 0.3) is 0 Å². The first-order valence-corrected chi connectivity index (χ1v) is 7.08. The van der Waals surface area contributed by atoms with Crippen molar-refractivity contribution >= 4 is 30.1 Å². The molecule has 0 spiro atoms. The Bertz CT molecular complexity index is 533. The minimum absolute atomic E-state index is 0.442. The van der Waals surface area contributed by atoms with Crippen LogP contribution in [0.2, 0.25) is 5.02 Å². The Morgan fingerprint density at radius 1 is 1.38 bits per heavy atom. The van der Waals surface area contributed by atoms with Crippen LogP contribution < -0.4 is 5.32 Å². The number of alkyl carbamates (subject to hydrolysis) is 1. The third-order valence-corrected chi connectivity index (χ3v) is 2.81. The van der Waals surface area contributed by atoms with Gasteiger partial charge in [0, 0.05) is 22.7 Å². The van der Waals surface area contributed by atoms with Crippen molar-refractivity contribution < 1.29 is 14.3 Å². The predicted octanol–water partition coefficient (Wildman–Crippen LogP) is 4.08. The second-order valence-corrected chi connectivity index (χ2v) is 5.89. The van der Waals surface area contributed by atoms with E-state index in [0.29, 0.717) is 29.1 Å². The van der Waals surface area contributed by atoms with Crippen LogP contribution in [-0.2, 0) is 4.74 Å². The van der Waals surface area contributed by atoms with E-state index in [-0.39, 0.29) is 0 Å². The molecule has 0 fully saturated rings. The Labute approximate surface area is 130 Å². The van der Waals surface area contributed by atoms with Crippen molar-refractivity contribution in [2.24, 2.45) is 0 Å². The van der Waals surface area contributed by atoms with Crippen LogP contribution in [0.15, 0.2) is 24.3 Å². The molecule has 0 aliphatic heterocycles. The van der Waals surface area contributed by atoms with Crippen LogP contribution in [0.5, 0.6) is 0 Å². The minimum Gasteiger partial charge on any atom is -0.444 e. The van der Waals surface area contributed by atoms with Crippen LogP contribution in [-0.4, -0.2) is 24.5 Å². The van der Waals surface area contributed by atoms with Gasteiger partial charge in [0.15, 0.2) is 6.29 Å². The van der Waals surface area contributed by atoms with Gasteiger partial charge in [-0.15, -0.1) is 0 Å². The third kappa shape index (κ3) is 6.45. The summed E-state index contributed by atoms with van der Waals surface area (Å²) >= 11 is 6.04. The molecule has 0 saturated carbocycles. The SMILES string of the molecule is CC(C)(C)OC(=O)NCCC=Cc1c(Cl)cccc1C=O. The fraction of sp³-hybridized carbons (Fsp3) is 0.375. The molecule has 0 aromatic heterocycles. The van der Waals surface area contributed by atoms with E-state index in [2.05, 4.69) is 5.32 Å². The summed E-state index contributed by atoms with van der Waals surface area (Å²) in [5.74, 6) is 0. The number of halogens is 1. The number of ether oxygens (including phenoxy) is 1. The van der Waals surface area contributed by atoms with Crippen molar-refractivity contribution in [2.75, 3.05) is 6.54 Å². The van der Waals surface area contributed by atoms with Crippen LogP contribution >= 0.6 is 11.6 Å². The smallest absolute Gasteiger partial charge is 0.407 e. The van der Waals surface area contributed by atoms with Crippen LogP contribution in [0.1, 0.15) is 43.1 Å². The average Bonchev–Trinajstić information content (AvgIpc) is 2.37. The molecule has 0 unspecified atom stereocenters. The molecule has 4 nitrogen and oxygen atoms in total. The zero-order valence-electron chi connectivity index (χ0n) is 12.5. The monoisotopic (exact) mass is 309 g/mol. The number of hydrogen-bond acceptors (Lipinski definition) is 3. The van der Waals surface area contributed by atoms with Crippen molar-refractivity contribution in [3.05, 3.63) is 40.4 Å². The molecular weight excluding hydrogens is 290 g/mol. The fourth-order valence-corrected chi connectivity index (χ4v) is 1.85. The first-order valence-electron chi connectivity index (χ1n) is 6.70. The number of rotatable bonds is 5. The molecule has 1 N–H and O–H groups in total. The maximum Gasteiger partial charge on any atom is 0.407 e. The Balaban J connectivity index is 2.46. The largest absolute Gasteiger partial charge is 0.444 e. The van der Waals surface area contributed by atoms with E-state index in [1.807, 2.05) is 26.8 Å². The van der Waals surface area contributed by atoms with Crippen LogP contribution in [0.3, 0.4) is 0 Å². The molecular formula is C16H20ClNO3. The van der Waals surface area contributed by atoms with Gasteiger partial charge in [0.1, 0.15) is 5.60 Å². The summed E-state index contributed by atoms with van der Waals surface area (Å²) in [7, 11) is 0. The molecule has 0 radical (unpaired) electrons. The highest BCUT2D eigenvalue weighted by Gasteiger charge is 2.15. The van der Waals surface area contributed by atoms with Gasteiger partial charge in [0.05, 0.1) is 0 Å². The summed E-state index contributed by atoms with van der Waals surface area (Å²) in [5, 5.41) is 3.18. The molecule has 21 heavy (non-hydrogen) atoms. The van der Waals surface area contributed by atoms with E-state index in [0.717, 1.165) is 6.29 Å². The summed E-state index contributed by atoms with van der Waals surface area (Å²) in [4.78, 5) is 22.3. The van der Waals surface area contributed by atoms with Crippen LogP contribution in [0.4, 0.5) is 4.79 Å². The van der Waals surface area contributed by atoms with E-state index in [1.54, 1.807) is 24.3 Å². The summed E-state index contributed by atoms with van der Waals surface area (Å²) in [6.07, 6.45) is 4.57. The molecule has 0 aliphatic carbocycles. The van der Waals surface area contributed by atoms with E-state index in [9.17, 15) is 9.59 Å². The van der Waals surface area contributed by atoms with Crippen molar-refractivity contribution in [1.29, 1.82) is 0 Å². The Morgan fingerprint density at radius 2 is 2.10 bits per heavy atom. The molecule has 0 bridgehead atoms. The van der Waals surface area contributed by atoms with Crippen molar-refractivity contribution in [2.45, 2.75) is 32.8 Å². The van der Waals surface area contributed by atoms with Gasteiger partial charge < -0.3 is 10.1 Å². The lowest BCUT2D eigenvalue weighted by Gasteiger charge is -2.19. The number of carbonyl (C=O) groups excluding carboxylic acids is 2. The number of aldehydes is 1. The van der Waals surface area contributed by atoms with Gasteiger partial charge in [-0.2, -0.15) is 0 Å². The summed E-state index contributed by atoms with van der Waals surface area (Å²) in [6, 6.07) is 5.16. The minimum atomic E-state index is -0.504. The van der Waals surface area contributed by atoms with Crippen LogP contribution in [0.25, 0.3) is 6.08 Å². The fourth-order valence-electron chi connectivity index (χ4n) is 1.61. The molecule has 0 aliphatic rings. The average molecular weight is 310 g/mol. The lowest BCUT2D eigenvalue weighted by atomic mass is 10.1. The lowest BCUT2D eigenvalue weighted by molar-refractivity contribution is 0.0528. The highest BCUT2D eigenvalue weighted by Crippen LogP contribution is 2.20. The number of carbonyl (C=O) groups is 2. The predicted molar refractivity (Wildman–Crippen MR) is 84.7 cm³/mol. The van der Waals surface area contributed by atoms with E-state index in [1.165, 1.54) is 0 Å². The zero-order valence-corrected chi connectivity index (χ0v) is 13.2. The van der Waals surface area contributed by atoms with Gasteiger partial charge in [-0.25, -0.2) is 4.79 Å². The Morgan fingerprint density at radius 3 is 2.71 bits per heavy atom. The first-order chi connectivity index (χ1) is 9.83. The van der Waals surface area contributed by atoms with Gasteiger partial charge in [-0.1, -0.05) is 35.9 Å². The quantitative estimate of drug-likeness (QED) is 0.658. The maximum atomic E-state index is 11.4. The van der Waals surface area contributed by atoms with E-state index in [4.69, 9.17) is 16.3 Å². The summed E-state index contributed by atoms with van der Waals surface area (Å²) < 4.78 is 5.12. The molecule has 1 aromatic carbocycles. The summed E-state index contributed by atoms with van der Waals surface area (Å²) in [5.41, 5.74) is 0.723. The number of nitrogens with one attached hydrogen (secondary N) is 1. The lowest BCUT2D eigenvalue weighted by Crippen LogP contribution is -2.32. The number of benzene rings is 1. The second-order valence-electron chi connectivity index (χ2n) is 5.48. The highest BCUT2D eigenvalue weighted by atomic mass is 35.5. The Hall–Kier alpha value is -1.81. The topological polar surface area (TPSA) is 55.4 Å². The van der Waals surface area contributed by atoms with Gasteiger partial charge in [0.2, 0.25) is 0 Å². The molecule has 1 aromatic rings. The second kappa shape index (κ2) is 7.84. The molecule has 114 valence electrons. The van der Waals surface area contributed by atoms with E-state index < -0.39 is 11.7 Å². The van der Waals surface area contributed by atoms with Crippen molar-refractivity contribution in [3.8, 4) is 0 Å². The number of amides is 1. The molecule has 1 amide bonds. The molecule has 0 saturated heterocycles. The zero-order chi connectivity index (χ0) is 15.9. The molecule has 0 atom stereocenters. The third-order valence-electron chi connectivity index (χ3n) is 2.48. The highest BCUT2D eigenvalue weighted by molar-refractivity contribution is 6.32. The molecule has 0 heterocycles. The number of hydrogen-bond donors (Lipinski definition) is 1. The van der Waals surface area contributed by atoms with Crippen molar-refractivity contribution in [1.82, 2.24) is 5.32 Å². The summed E-state index contributed by atoms with van der Waals surface area (Å²) in [6.45, 7) is 5.88. The van der Waals surface area contributed by atoms with Gasteiger partial charge in [-0.05, 0) is 33.3 Å². The van der Waals surface area contributed by atoms with Gasteiger partial charge in [-0.3, -0.25) is 4.79 Å². The van der Waals surface area contributed by atoms with Gasteiger partial charge >= 0.3 is 6.09 Å². The maximum absolute atomic E-state index is 11.4. The Kier molecular flexibility index (Phi) is 6.43. The molecule has 1 rings (SSSR count). The standard InChI is InChI=1S/C16H20ClNO3/c1-16(2,3)21-15(20)18-10-5-4-8-13-12(11-19)7-6-9-14(13)17/h4,6-9,11H,5,10H2,1-3H3,(H,18,20). The normalized spacial score (nSPS) is 11.4. The molecule has 5 heteroatoms. The van der Waals surface area contributed by atoms with Crippen LogP contribution in [0, 0.1) is 0 Å². The van der Waals surface area contributed by atoms with E-state index >= 15 is 0 Å². The van der Waals surface area contributed by atoms with Crippen molar-refractivity contribution in [3.63, 3.8) is 0 Å².